The second kappa shape index (κ2) is 12.4. The monoisotopic (exact) mass is 486 g/mol. The molecule has 3 atom stereocenters. The molecule has 1 heterocycles. The summed E-state index contributed by atoms with van der Waals surface area (Å²) in [6.45, 7) is 13.0. The molecule has 1 unspecified atom stereocenters. The van der Waals surface area contributed by atoms with Gasteiger partial charge in [0.2, 0.25) is 0 Å². The van der Waals surface area contributed by atoms with E-state index in [9.17, 15) is 20.1 Å². The first-order valence-corrected chi connectivity index (χ1v) is 12.3. The van der Waals surface area contributed by atoms with E-state index in [-0.39, 0.29) is 29.7 Å². The van der Waals surface area contributed by atoms with Crippen molar-refractivity contribution in [3.63, 3.8) is 0 Å². The van der Waals surface area contributed by atoms with Crippen LogP contribution >= 0.6 is 0 Å². The van der Waals surface area contributed by atoms with Crippen molar-refractivity contribution >= 4 is 5.97 Å². The van der Waals surface area contributed by atoms with Gasteiger partial charge in [0.25, 0.3) is 0 Å². The Hall–Kier alpha value is -2.57. The lowest BCUT2D eigenvalue weighted by Crippen LogP contribution is -2.31. The molecule has 0 aromatic heterocycles. The van der Waals surface area contributed by atoms with E-state index in [1.807, 2.05) is 46.8 Å². The Morgan fingerprint density at radius 1 is 1.17 bits per heavy atom. The maximum atomic E-state index is 11.7. The van der Waals surface area contributed by atoms with Crippen molar-refractivity contribution in [2.24, 2.45) is 0 Å². The predicted octanol–water partition coefficient (Wildman–Crippen LogP) is 5.82. The molecule has 1 fully saturated rings. The number of aromatic hydroxyl groups is 2. The number of aryl methyl sites for hydroxylation is 1. The molecule has 0 saturated carbocycles. The van der Waals surface area contributed by atoms with Gasteiger partial charge < -0.3 is 24.8 Å². The number of phenolic OH excluding ortho intramolecular Hbond substituents is 2. The van der Waals surface area contributed by atoms with Gasteiger partial charge >= 0.3 is 5.97 Å². The van der Waals surface area contributed by atoms with E-state index < -0.39 is 11.7 Å². The molecule has 0 bridgehead atoms. The highest BCUT2D eigenvalue weighted by molar-refractivity contribution is 5.66. The molecule has 0 radical (unpaired) electrons. The first-order chi connectivity index (χ1) is 16.3. The van der Waals surface area contributed by atoms with Crippen LogP contribution in [-0.4, -0.2) is 45.2 Å². The minimum atomic E-state index is -0.517. The van der Waals surface area contributed by atoms with Gasteiger partial charge in [-0.05, 0) is 90.2 Å². The van der Waals surface area contributed by atoms with Crippen molar-refractivity contribution in [1.82, 2.24) is 0 Å². The van der Waals surface area contributed by atoms with Crippen LogP contribution in [0.15, 0.2) is 47.1 Å². The second-order valence-corrected chi connectivity index (χ2v) is 10.3. The smallest absolute Gasteiger partial charge is 0.303 e. The highest BCUT2D eigenvalue weighted by Crippen LogP contribution is 2.33. The third-order valence-electron chi connectivity index (χ3n) is 6.54. The minimum absolute atomic E-state index is 0.0550. The molecule has 3 N–H and O–H groups in total. The van der Waals surface area contributed by atoms with E-state index >= 15 is 0 Å². The molecule has 194 valence electrons. The number of hydrogen-bond donors (Lipinski definition) is 3. The topological polar surface area (TPSA) is 96.2 Å². The van der Waals surface area contributed by atoms with Crippen LogP contribution in [0, 0.1) is 6.92 Å². The fourth-order valence-electron chi connectivity index (χ4n) is 4.34. The predicted molar refractivity (Wildman–Crippen MR) is 138 cm³/mol. The molecule has 1 aliphatic heterocycles. The Kier molecular flexibility index (Phi) is 10.2. The molecule has 0 aliphatic carbocycles. The Morgan fingerprint density at radius 3 is 2.46 bits per heavy atom. The summed E-state index contributed by atoms with van der Waals surface area (Å²) in [6.07, 6.45) is 8.55. The average molecular weight is 487 g/mol. The number of benzene rings is 1. The zero-order valence-electron chi connectivity index (χ0n) is 22.2. The van der Waals surface area contributed by atoms with Gasteiger partial charge in [-0.15, -0.1) is 0 Å². The van der Waals surface area contributed by atoms with E-state index in [2.05, 4.69) is 6.08 Å². The lowest BCUT2D eigenvalue weighted by Gasteiger charge is -2.22. The number of ether oxygens (including phenoxy) is 2. The van der Waals surface area contributed by atoms with Crippen molar-refractivity contribution < 1.29 is 29.6 Å². The zero-order valence-corrected chi connectivity index (χ0v) is 22.2. The van der Waals surface area contributed by atoms with Crippen LogP contribution < -0.4 is 0 Å². The molecule has 2 rings (SSSR count). The van der Waals surface area contributed by atoms with Crippen LogP contribution in [-0.2, 0) is 20.7 Å². The van der Waals surface area contributed by atoms with Crippen LogP contribution in [0.5, 0.6) is 11.5 Å². The van der Waals surface area contributed by atoms with E-state index in [4.69, 9.17) is 9.47 Å². The number of aliphatic hydroxyl groups is 1. The van der Waals surface area contributed by atoms with Gasteiger partial charge in [0.15, 0.2) is 0 Å². The Bertz CT molecular complexity index is 985. The Balaban J connectivity index is 1.98. The average Bonchev–Trinajstić information content (AvgIpc) is 3.01. The third-order valence-corrected chi connectivity index (χ3v) is 6.54. The normalized spacial score (nSPS) is 21.8. The fraction of sp³-hybridized carbons (Fsp3) is 0.552. The number of allylic oxidation sites excluding steroid dienone is 3. The highest BCUT2D eigenvalue weighted by atomic mass is 16.5. The van der Waals surface area contributed by atoms with Crippen LogP contribution in [0.4, 0.5) is 0 Å². The number of hydrogen-bond acceptors (Lipinski definition) is 6. The summed E-state index contributed by atoms with van der Waals surface area (Å²) in [4.78, 5) is 11.7. The van der Waals surface area contributed by atoms with Crippen molar-refractivity contribution in [3.05, 3.63) is 58.2 Å². The van der Waals surface area contributed by atoms with Gasteiger partial charge in [-0.25, -0.2) is 0 Å². The zero-order chi connectivity index (χ0) is 26.3. The molecule has 1 aliphatic rings. The fourth-order valence-corrected chi connectivity index (χ4v) is 4.34. The van der Waals surface area contributed by atoms with E-state index in [1.54, 1.807) is 13.0 Å². The van der Waals surface area contributed by atoms with Crippen LogP contribution in [0.3, 0.4) is 0 Å². The lowest BCUT2D eigenvalue weighted by atomic mass is 9.98. The molecule has 1 saturated heterocycles. The van der Waals surface area contributed by atoms with Crippen LogP contribution in [0.2, 0.25) is 0 Å². The van der Waals surface area contributed by atoms with Crippen molar-refractivity contribution in [3.8, 4) is 11.5 Å². The van der Waals surface area contributed by atoms with Crippen LogP contribution in [0.25, 0.3) is 0 Å². The van der Waals surface area contributed by atoms with E-state index in [0.29, 0.717) is 30.4 Å². The molecule has 6 nitrogen and oxygen atoms in total. The summed E-state index contributed by atoms with van der Waals surface area (Å²) >= 11 is 0. The first kappa shape index (κ1) is 28.7. The quantitative estimate of drug-likeness (QED) is 0.219. The van der Waals surface area contributed by atoms with Crippen molar-refractivity contribution in [2.75, 3.05) is 0 Å². The molecule has 1 aromatic carbocycles. The summed E-state index contributed by atoms with van der Waals surface area (Å²) in [7, 11) is 0. The largest absolute Gasteiger partial charge is 0.508 e. The molecule has 0 amide bonds. The number of carbonyl (C=O) groups is 1. The molecule has 6 heteroatoms. The van der Waals surface area contributed by atoms with Gasteiger partial charge in [-0.2, -0.15) is 0 Å². The summed E-state index contributed by atoms with van der Waals surface area (Å²) in [5.74, 6) is -0.0201. The van der Waals surface area contributed by atoms with Crippen LogP contribution in [0.1, 0.15) is 78.4 Å². The Labute approximate surface area is 210 Å². The molecular weight excluding hydrogens is 444 g/mol. The molecule has 35 heavy (non-hydrogen) atoms. The number of carbonyl (C=O) groups excluding carboxylic acids is 1. The van der Waals surface area contributed by atoms with Crippen molar-refractivity contribution in [2.45, 2.75) is 104 Å². The van der Waals surface area contributed by atoms with Gasteiger partial charge in [0, 0.05) is 25.3 Å². The minimum Gasteiger partial charge on any atom is -0.508 e. The van der Waals surface area contributed by atoms with E-state index in [1.165, 1.54) is 13.0 Å². The summed E-state index contributed by atoms with van der Waals surface area (Å²) in [5.41, 5.74) is 4.05. The number of esters is 1. The lowest BCUT2D eigenvalue weighted by molar-refractivity contribution is -0.144. The first-order valence-electron chi connectivity index (χ1n) is 12.3. The summed E-state index contributed by atoms with van der Waals surface area (Å²) < 4.78 is 11.5. The summed E-state index contributed by atoms with van der Waals surface area (Å²) in [6, 6.07) is 3.09. The maximum absolute atomic E-state index is 11.7. The number of aliphatic hydroxyl groups excluding tert-OH is 1. The maximum Gasteiger partial charge on any atom is 0.303 e. The standard InChI is InChI=1S/C29H42O6/c1-18(9-8-10-20(3)26-17-27(32)29(6,7)35-26)13-25(34-22(5)30)14-19(2)11-12-23-16-24(31)15-21(4)28(23)33/h10-11,13,15-16,25-27,31-33H,8-9,12,14,17H2,1-7H3/b18-13+,19-11+,20-10+/t25?,26-,27-/m0/s1. The Morgan fingerprint density at radius 2 is 1.86 bits per heavy atom. The van der Waals surface area contributed by atoms with Gasteiger partial charge in [-0.3, -0.25) is 4.79 Å². The van der Waals surface area contributed by atoms with Gasteiger partial charge in [-0.1, -0.05) is 23.3 Å². The van der Waals surface area contributed by atoms with Gasteiger partial charge in [0.1, 0.15) is 17.6 Å². The van der Waals surface area contributed by atoms with Crippen molar-refractivity contribution in [1.29, 1.82) is 0 Å². The SMILES string of the molecule is CC(=O)OC(/C=C(\C)CC/C=C(\C)[C@@H]1C[C@H](O)C(C)(C)O1)C/C(C)=C/Cc1cc(O)cc(C)c1O. The number of phenols is 2. The third kappa shape index (κ3) is 8.86. The second-order valence-electron chi connectivity index (χ2n) is 10.3. The number of rotatable bonds is 10. The summed E-state index contributed by atoms with van der Waals surface area (Å²) in [5, 5.41) is 30.2. The highest BCUT2D eigenvalue weighted by Gasteiger charge is 2.40. The molecule has 0 spiro atoms. The van der Waals surface area contributed by atoms with E-state index in [0.717, 1.165) is 29.6 Å². The van der Waals surface area contributed by atoms with Gasteiger partial charge in [0.05, 0.1) is 17.8 Å². The molecule has 1 aromatic rings. The molecular formula is C29H42O6.